The van der Waals surface area contributed by atoms with Crippen molar-refractivity contribution in [2.24, 2.45) is 0 Å². The van der Waals surface area contributed by atoms with E-state index in [9.17, 15) is 14.7 Å². The number of hydrogen-bond donors (Lipinski definition) is 2. The predicted octanol–water partition coefficient (Wildman–Crippen LogP) is 2.25. The lowest BCUT2D eigenvalue weighted by Gasteiger charge is -2.21. The summed E-state index contributed by atoms with van der Waals surface area (Å²) in [6, 6.07) is 7.28. The van der Waals surface area contributed by atoms with Crippen LogP contribution in [0.5, 0.6) is 0 Å². The Morgan fingerprint density at radius 1 is 1.32 bits per heavy atom. The molecular formula is C14H20N2O3. The van der Waals surface area contributed by atoms with Crippen molar-refractivity contribution in [3.8, 4) is 0 Å². The Labute approximate surface area is 113 Å². The van der Waals surface area contributed by atoms with E-state index >= 15 is 0 Å². The second-order valence-electron chi connectivity index (χ2n) is 4.41. The van der Waals surface area contributed by atoms with Gasteiger partial charge < -0.3 is 15.3 Å². The molecule has 0 saturated carbocycles. The van der Waals surface area contributed by atoms with Crippen LogP contribution in [0.4, 0.5) is 4.79 Å². The third-order valence-corrected chi connectivity index (χ3v) is 2.84. The number of hydrogen-bond acceptors (Lipinski definition) is 2. The first-order valence-electron chi connectivity index (χ1n) is 6.35. The van der Waals surface area contributed by atoms with Crippen LogP contribution in [0.3, 0.4) is 0 Å². The molecule has 0 unspecified atom stereocenters. The number of urea groups is 1. The fourth-order valence-corrected chi connectivity index (χ4v) is 1.66. The Balaban J connectivity index is 2.70. The first-order chi connectivity index (χ1) is 9.06. The number of rotatable bonds is 6. The summed E-state index contributed by atoms with van der Waals surface area (Å²) in [5.41, 5.74) is 0.562. The van der Waals surface area contributed by atoms with E-state index in [1.165, 1.54) is 4.90 Å². The van der Waals surface area contributed by atoms with Gasteiger partial charge in [-0.1, -0.05) is 43.7 Å². The van der Waals surface area contributed by atoms with Crippen LogP contribution in [-0.4, -0.2) is 35.6 Å². The van der Waals surface area contributed by atoms with Crippen molar-refractivity contribution in [1.82, 2.24) is 10.2 Å². The summed E-state index contributed by atoms with van der Waals surface area (Å²) < 4.78 is 0. The standard InChI is InChI=1S/C14H20N2O3/c1-3-4-10-16(2)14(19)15-12(13(17)18)11-8-6-5-7-9-11/h5-9,12H,3-4,10H2,1-2H3,(H,15,19)(H,17,18)/t12-/m1/s1. The van der Waals surface area contributed by atoms with Crippen LogP contribution in [-0.2, 0) is 4.79 Å². The average Bonchev–Trinajstić information content (AvgIpc) is 2.42. The molecule has 0 spiro atoms. The van der Waals surface area contributed by atoms with Crippen molar-refractivity contribution in [3.05, 3.63) is 35.9 Å². The van der Waals surface area contributed by atoms with E-state index in [0.717, 1.165) is 12.8 Å². The summed E-state index contributed by atoms with van der Waals surface area (Å²) in [5.74, 6) is -1.07. The summed E-state index contributed by atoms with van der Waals surface area (Å²) in [7, 11) is 1.66. The number of nitrogens with zero attached hydrogens (tertiary/aromatic N) is 1. The van der Waals surface area contributed by atoms with Crippen LogP contribution in [0, 0.1) is 0 Å². The Morgan fingerprint density at radius 2 is 1.95 bits per heavy atom. The molecular weight excluding hydrogens is 244 g/mol. The average molecular weight is 264 g/mol. The second-order valence-corrected chi connectivity index (χ2v) is 4.41. The molecule has 0 fully saturated rings. The number of nitrogens with one attached hydrogen (secondary N) is 1. The molecule has 5 heteroatoms. The van der Waals surface area contributed by atoms with Crippen molar-refractivity contribution < 1.29 is 14.7 Å². The number of benzene rings is 1. The van der Waals surface area contributed by atoms with Gasteiger partial charge in [0.2, 0.25) is 0 Å². The van der Waals surface area contributed by atoms with Gasteiger partial charge in [0.05, 0.1) is 0 Å². The molecule has 104 valence electrons. The summed E-state index contributed by atoms with van der Waals surface area (Å²) >= 11 is 0. The minimum atomic E-state index is -1.07. The quantitative estimate of drug-likeness (QED) is 0.828. The molecule has 0 aliphatic heterocycles. The third-order valence-electron chi connectivity index (χ3n) is 2.84. The van der Waals surface area contributed by atoms with Crippen LogP contribution in [0.1, 0.15) is 31.4 Å². The maximum absolute atomic E-state index is 11.9. The van der Waals surface area contributed by atoms with Gasteiger partial charge in [-0.3, -0.25) is 0 Å². The first-order valence-corrected chi connectivity index (χ1v) is 6.35. The highest BCUT2D eigenvalue weighted by atomic mass is 16.4. The minimum Gasteiger partial charge on any atom is -0.479 e. The van der Waals surface area contributed by atoms with E-state index in [4.69, 9.17) is 0 Å². The predicted molar refractivity (Wildman–Crippen MR) is 72.9 cm³/mol. The van der Waals surface area contributed by atoms with E-state index in [2.05, 4.69) is 5.32 Å². The van der Waals surface area contributed by atoms with Gasteiger partial charge in [-0.25, -0.2) is 9.59 Å². The zero-order chi connectivity index (χ0) is 14.3. The molecule has 0 saturated heterocycles. The number of unbranched alkanes of at least 4 members (excludes halogenated alkanes) is 1. The zero-order valence-electron chi connectivity index (χ0n) is 11.3. The summed E-state index contributed by atoms with van der Waals surface area (Å²) in [6.07, 6.45) is 1.88. The Morgan fingerprint density at radius 3 is 2.47 bits per heavy atom. The first kappa shape index (κ1) is 15.0. The highest BCUT2D eigenvalue weighted by molar-refractivity contribution is 5.83. The van der Waals surface area contributed by atoms with Gasteiger partial charge in [0, 0.05) is 13.6 Å². The van der Waals surface area contributed by atoms with Gasteiger partial charge in [0.1, 0.15) is 0 Å². The number of carboxylic acid groups (broad SMARTS) is 1. The van der Waals surface area contributed by atoms with E-state index in [-0.39, 0.29) is 6.03 Å². The van der Waals surface area contributed by atoms with Gasteiger partial charge in [-0.2, -0.15) is 0 Å². The van der Waals surface area contributed by atoms with Crippen LogP contribution in [0.2, 0.25) is 0 Å². The Hall–Kier alpha value is -2.04. The van der Waals surface area contributed by atoms with Crippen LogP contribution in [0.15, 0.2) is 30.3 Å². The van der Waals surface area contributed by atoms with Gasteiger partial charge in [-0.15, -0.1) is 0 Å². The molecule has 19 heavy (non-hydrogen) atoms. The van der Waals surface area contributed by atoms with E-state index < -0.39 is 12.0 Å². The molecule has 5 nitrogen and oxygen atoms in total. The topological polar surface area (TPSA) is 69.6 Å². The zero-order valence-corrected chi connectivity index (χ0v) is 11.3. The molecule has 2 amide bonds. The maximum atomic E-state index is 11.9. The molecule has 1 aromatic rings. The fraction of sp³-hybridized carbons (Fsp3) is 0.429. The smallest absolute Gasteiger partial charge is 0.330 e. The van der Waals surface area contributed by atoms with Crippen molar-refractivity contribution >= 4 is 12.0 Å². The number of carbonyl (C=O) groups is 2. The molecule has 1 aromatic carbocycles. The summed E-state index contributed by atoms with van der Waals surface area (Å²) in [4.78, 5) is 24.6. The van der Waals surface area contributed by atoms with Gasteiger partial charge >= 0.3 is 12.0 Å². The van der Waals surface area contributed by atoms with Crippen molar-refractivity contribution in [2.45, 2.75) is 25.8 Å². The normalized spacial score (nSPS) is 11.7. The van der Waals surface area contributed by atoms with Gasteiger partial charge in [-0.05, 0) is 12.0 Å². The lowest BCUT2D eigenvalue weighted by Crippen LogP contribution is -2.42. The fourth-order valence-electron chi connectivity index (χ4n) is 1.66. The highest BCUT2D eigenvalue weighted by Gasteiger charge is 2.23. The lowest BCUT2D eigenvalue weighted by atomic mass is 10.1. The largest absolute Gasteiger partial charge is 0.479 e. The number of amides is 2. The third kappa shape index (κ3) is 4.62. The molecule has 2 N–H and O–H groups in total. The molecule has 1 rings (SSSR count). The molecule has 0 radical (unpaired) electrons. The number of aliphatic carboxylic acids is 1. The molecule has 0 aliphatic rings. The molecule has 1 atom stereocenters. The molecule has 0 bridgehead atoms. The summed E-state index contributed by atoms with van der Waals surface area (Å²) in [5, 5.41) is 11.7. The molecule has 0 heterocycles. The maximum Gasteiger partial charge on any atom is 0.330 e. The molecule has 0 aromatic heterocycles. The van der Waals surface area contributed by atoms with Crippen LogP contribution < -0.4 is 5.32 Å². The second kappa shape index (κ2) is 7.41. The van der Waals surface area contributed by atoms with Crippen molar-refractivity contribution in [1.29, 1.82) is 0 Å². The Kier molecular flexibility index (Phi) is 5.85. The van der Waals surface area contributed by atoms with E-state index in [0.29, 0.717) is 12.1 Å². The monoisotopic (exact) mass is 264 g/mol. The van der Waals surface area contributed by atoms with Crippen molar-refractivity contribution in [2.75, 3.05) is 13.6 Å². The minimum absolute atomic E-state index is 0.371. The van der Waals surface area contributed by atoms with Crippen molar-refractivity contribution in [3.63, 3.8) is 0 Å². The lowest BCUT2D eigenvalue weighted by molar-refractivity contribution is -0.139. The SMILES string of the molecule is CCCCN(C)C(=O)N[C@@H](C(=O)O)c1ccccc1. The van der Waals surface area contributed by atoms with Gasteiger partial charge in [0.25, 0.3) is 0 Å². The summed E-state index contributed by atoms with van der Waals surface area (Å²) in [6.45, 7) is 2.65. The van der Waals surface area contributed by atoms with Gasteiger partial charge in [0.15, 0.2) is 6.04 Å². The van der Waals surface area contributed by atoms with E-state index in [1.54, 1.807) is 37.4 Å². The number of carboxylic acids is 1. The Bertz CT molecular complexity index is 420. The highest BCUT2D eigenvalue weighted by Crippen LogP contribution is 2.13. The molecule has 0 aliphatic carbocycles. The van der Waals surface area contributed by atoms with E-state index in [1.807, 2.05) is 6.92 Å². The van der Waals surface area contributed by atoms with Crippen LogP contribution in [0.25, 0.3) is 0 Å². The number of carbonyl (C=O) groups excluding carboxylic acids is 1. The van der Waals surface area contributed by atoms with Crippen LogP contribution >= 0.6 is 0 Å².